The maximum absolute atomic E-state index is 12.0. The Kier molecular flexibility index (Phi) is 4.99. The molecule has 6 nitrogen and oxygen atoms in total. The zero-order valence-electron chi connectivity index (χ0n) is 12.0. The first kappa shape index (κ1) is 16.7. The second kappa shape index (κ2) is 7.17. The average Bonchev–Trinajstić information content (AvgIpc) is 3.04. The Hall–Kier alpha value is -2.15. The lowest BCUT2D eigenvalue weighted by Crippen LogP contribution is -2.23. The molecule has 0 fully saturated rings. The minimum absolute atomic E-state index is 0.0621. The van der Waals surface area contributed by atoms with Crippen LogP contribution in [0.15, 0.2) is 41.1 Å². The Morgan fingerprint density at radius 1 is 1.21 bits per heavy atom. The highest BCUT2D eigenvalue weighted by Crippen LogP contribution is 2.21. The van der Waals surface area contributed by atoms with Gasteiger partial charge in [-0.05, 0) is 18.2 Å². The predicted molar refractivity (Wildman–Crippen MR) is 90.2 cm³/mol. The van der Waals surface area contributed by atoms with Gasteiger partial charge in [0.2, 0.25) is 11.7 Å². The zero-order valence-corrected chi connectivity index (χ0v) is 14.2. The van der Waals surface area contributed by atoms with Crippen LogP contribution in [-0.4, -0.2) is 21.0 Å². The second-order valence-corrected chi connectivity index (χ2v) is 5.90. The van der Waals surface area contributed by atoms with E-state index in [4.69, 9.17) is 39.3 Å². The van der Waals surface area contributed by atoms with Gasteiger partial charge in [0.25, 0.3) is 5.91 Å². The number of hydrogen-bond acceptors (Lipinski definition) is 5. The van der Waals surface area contributed by atoms with Gasteiger partial charge >= 0.3 is 0 Å². The van der Waals surface area contributed by atoms with Crippen molar-refractivity contribution in [1.29, 1.82) is 0 Å². The van der Waals surface area contributed by atoms with Crippen LogP contribution < -0.4 is 5.32 Å². The first-order valence-electron chi connectivity index (χ1n) is 6.70. The number of carbonyl (C=O) groups excluding carboxylic acids is 1. The van der Waals surface area contributed by atoms with Gasteiger partial charge in [-0.2, -0.15) is 4.98 Å². The largest absolute Gasteiger partial charge is 0.343 e. The number of pyridine rings is 1. The third-order valence-corrected chi connectivity index (χ3v) is 3.93. The van der Waals surface area contributed by atoms with Crippen LogP contribution in [0.2, 0.25) is 15.2 Å². The van der Waals surface area contributed by atoms with E-state index in [0.717, 1.165) is 5.56 Å². The SMILES string of the molecule is O=C(NCc1nc(-c2cccc(Cl)c2)no1)c1cnc(Cl)c(Cl)c1. The Balaban J connectivity index is 1.67. The molecule has 1 N–H and O–H groups in total. The topological polar surface area (TPSA) is 80.9 Å². The maximum atomic E-state index is 12.0. The van der Waals surface area contributed by atoms with Crippen molar-refractivity contribution in [1.82, 2.24) is 20.4 Å². The molecule has 0 aliphatic rings. The number of nitrogens with one attached hydrogen (secondary N) is 1. The molecular formula is C15H9Cl3N4O2. The van der Waals surface area contributed by atoms with Crippen molar-refractivity contribution in [2.75, 3.05) is 0 Å². The van der Waals surface area contributed by atoms with Crippen molar-refractivity contribution in [3.8, 4) is 11.4 Å². The van der Waals surface area contributed by atoms with E-state index >= 15 is 0 Å². The van der Waals surface area contributed by atoms with Gasteiger partial charge in [0.15, 0.2) is 0 Å². The van der Waals surface area contributed by atoms with Crippen LogP contribution >= 0.6 is 34.8 Å². The maximum Gasteiger partial charge on any atom is 0.253 e. The Morgan fingerprint density at radius 2 is 2.04 bits per heavy atom. The minimum atomic E-state index is -0.386. The number of halogens is 3. The summed E-state index contributed by atoms with van der Waals surface area (Å²) in [5.41, 5.74) is 0.997. The number of nitrogens with zero attached hydrogens (tertiary/aromatic N) is 3. The Morgan fingerprint density at radius 3 is 2.79 bits per heavy atom. The molecule has 0 radical (unpaired) electrons. The summed E-state index contributed by atoms with van der Waals surface area (Å²) in [7, 11) is 0. The van der Waals surface area contributed by atoms with E-state index in [1.54, 1.807) is 24.3 Å². The van der Waals surface area contributed by atoms with Crippen LogP contribution in [-0.2, 0) is 6.54 Å². The summed E-state index contributed by atoms with van der Waals surface area (Å²) in [5.74, 6) is 0.257. The van der Waals surface area contributed by atoms with Crippen LogP contribution in [0.5, 0.6) is 0 Å². The molecule has 0 spiro atoms. The lowest BCUT2D eigenvalue weighted by Gasteiger charge is -2.03. The molecule has 2 heterocycles. The van der Waals surface area contributed by atoms with Gasteiger partial charge in [-0.3, -0.25) is 4.79 Å². The Bertz CT molecular complexity index is 898. The molecule has 0 saturated heterocycles. The molecule has 1 aromatic carbocycles. The van der Waals surface area contributed by atoms with Gasteiger partial charge in [0.1, 0.15) is 5.15 Å². The smallest absolute Gasteiger partial charge is 0.253 e. The highest BCUT2D eigenvalue weighted by Gasteiger charge is 2.12. The molecule has 3 aromatic rings. The van der Waals surface area contributed by atoms with E-state index in [1.165, 1.54) is 12.3 Å². The average molecular weight is 384 g/mol. The van der Waals surface area contributed by atoms with E-state index in [9.17, 15) is 4.79 Å². The quantitative estimate of drug-likeness (QED) is 0.688. The molecule has 0 unspecified atom stereocenters. The molecule has 1 amide bonds. The van der Waals surface area contributed by atoms with Crippen LogP contribution in [0, 0.1) is 0 Å². The van der Waals surface area contributed by atoms with Crippen LogP contribution in [0.25, 0.3) is 11.4 Å². The molecule has 2 aromatic heterocycles. The fourth-order valence-corrected chi connectivity index (χ4v) is 2.33. The molecule has 0 atom stereocenters. The molecule has 24 heavy (non-hydrogen) atoms. The van der Waals surface area contributed by atoms with E-state index in [-0.39, 0.29) is 34.1 Å². The monoisotopic (exact) mass is 382 g/mol. The minimum Gasteiger partial charge on any atom is -0.343 e. The van der Waals surface area contributed by atoms with Gasteiger partial charge in [-0.15, -0.1) is 0 Å². The zero-order chi connectivity index (χ0) is 17.1. The summed E-state index contributed by atoms with van der Waals surface area (Å²) in [4.78, 5) is 20.1. The van der Waals surface area contributed by atoms with Gasteiger partial charge < -0.3 is 9.84 Å². The third kappa shape index (κ3) is 3.84. The van der Waals surface area contributed by atoms with Crippen LogP contribution in [0.4, 0.5) is 0 Å². The number of aromatic nitrogens is 3. The second-order valence-electron chi connectivity index (χ2n) is 4.70. The Labute approximate surface area is 151 Å². The molecule has 0 bridgehead atoms. The highest BCUT2D eigenvalue weighted by molar-refractivity contribution is 6.41. The van der Waals surface area contributed by atoms with Crippen molar-refractivity contribution in [3.63, 3.8) is 0 Å². The van der Waals surface area contributed by atoms with Gasteiger partial charge in [-0.25, -0.2) is 4.98 Å². The lowest BCUT2D eigenvalue weighted by molar-refractivity contribution is 0.0946. The number of hydrogen-bond donors (Lipinski definition) is 1. The molecule has 9 heteroatoms. The van der Waals surface area contributed by atoms with Crippen LogP contribution in [0.3, 0.4) is 0 Å². The summed E-state index contributed by atoms with van der Waals surface area (Å²) in [6.45, 7) is 0.0621. The molecule has 3 rings (SSSR count). The first-order valence-corrected chi connectivity index (χ1v) is 7.84. The van der Waals surface area contributed by atoms with E-state index in [2.05, 4.69) is 20.4 Å². The van der Waals surface area contributed by atoms with E-state index in [0.29, 0.717) is 10.8 Å². The third-order valence-electron chi connectivity index (χ3n) is 3.01. The summed E-state index contributed by atoms with van der Waals surface area (Å²) >= 11 is 17.5. The van der Waals surface area contributed by atoms with Gasteiger partial charge in [0.05, 0.1) is 17.1 Å². The fraction of sp³-hybridized carbons (Fsp3) is 0.0667. The molecule has 0 saturated carbocycles. The van der Waals surface area contributed by atoms with Crippen molar-refractivity contribution in [3.05, 3.63) is 63.2 Å². The predicted octanol–water partition coefficient (Wildman–Crippen LogP) is 4.02. The number of benzene rings is 1. The number of rotatable bonds is 4. The number of carbonyl (C=O) groups is 1. The summed E-state index contributed by atoms with van der Waals surface area (Å²) < 4.78 is 5.11. The number of amides is 1. The van der Waals surface area contributed by atoms with Crippen molar-refractivity contribution < 1.29 is 9.32 Å². The summed E-state index contributed by atoms with van der Waals surface area (Å²) in [6, 6.07) is 8.48. The van der Waals surface area contributed by atoms with Crippen LogP contribution in [0.1, 0.15) is 16.2 Å². The normalized spacial score (nSPS) is 10.6. The van der Waals surface area contributed by atoms with Gasteiger partial charge in [0, 0.05) is 16.8 Å². The standard InChI is InChI=1S/C15H9Cl3N4O2/c16-10-3-1-2-8(4-10)14-21-12(24-22-14)7-20-15(23)9-5-11(17)13(18)19-6-9/h1-6H,7H2,(H,20,23). The highest BCUT2D eigenvalue weighted by atomic mass is 35.5. The van der Waals surface area contributed by atoms with Gasteiger partial charge in [-0.1, -0.05) is 52.1 Å². The summed E-state index contributed by atoms with van der Waals surface area (Å²) in [6.07, 6.45) is 1.33. The fourth-order valence-electron chi connectivity index (χ4n) is 1.87. The molecule has 122 valence electrons. The van der Waals surface area contributed by atoms with E-state index in [1.807, 2.05) is 0 Å². The van der Waals surface area contributed by atoms with Crippen molar-refractivity contribution in [2.24, 2.45) is 0 Å². The molecular weight excluding hydrogens is 375 g/mol. The van der Waals surface area contributed by atoms with Crippen molar-refractivity contribution in [2.45, 2.75) is 6.54 Å². The first-order chi connectivity index (χ1) is 11.5. The molecule has 0 aliphatic carbocycles. The molecule has 0 aliphatic heterocycles. The van der Waals surface area contributed by atoms with Crippen molar-refractivity contribution >= 4 is 40.7 Å². The lowest BCUT2D eigenvalue weighted by atomic mass is 10.2. The summed E-state index contributed by atoms with van der Waals surface area (Å²) in [5, 5.41) is 7.40. The van der Waals surface area contributed by atoms with E-state index < -0.39 is 0 Å².